The van der Waals surface area contributed by atoms with E-state index in [-0.39, 0.29) is 29.9 Å². The molecule has 0 radical (unpaired) electrons. The van der Waals surface area contributed by atoms with Crippen LogP contribution in [0.5, 0.6) is 0 Å². The molecular formula is C23H24FN3O3. The average molecular weight is 409 g/mol. The lowest BCUT2D eigenvalue weighted by Gasteiger charge is -2.25. The summed E-state index contributed by atoms with van der Waals surface area (Å²) < 4.78 is 19.2. The zero-order chi connectivity index (χ0) is 21.5. The van der Waals surface area contributed by atoms with Gasteiger partial charge in [0.05, 0.1) is 6.26 Å². The third kappa shape index (κ3) is 5.55. The minimum atomic E-state index is -0.369. The molecule has 7 heteroatoms. The monoisotopic (exact) mass is 409 g/mol. The summed E-state index contributed by atoms with van der Waals surface area (Å²) in [7, 11) is 3.84. The number of carbonyl (C=O) groups excluding carboxylic acids is 2. The Labute approximate surface area is 174 Å². The molecule has 0 atom stereocenters. The van der Waals surface area contributed by atoms with Crippen molar-refractivity contribution in [2.75, 3.05) is 32.5 Å². The topological polar surface area (TPSA) is 65.8 Å². The smallest absolute Gasteiger partial charge is 0.291 e. The highest BCUT2D eigenvalue weighted by Crippen LogP contribution is 2.16. The van der Waals surface area contributed by atoms with E-state index in [1.54, 1.807) is 59.5 Å². The summed E-state index contributed by atoms with van der Waals surface area (Å²) in [6, 6.07) is 16.2. The fraction of sp³-hybridized carbons (Fsp3) is 0.217. The maximum atomic E-state index is 14.1. The van der Waals surface area contributed by atoms with Crippen molar-refractivity contribution in [3.05, 3.63) is 89.6 Å². The molecule has 2 aromatic carbocycles. The van der Waals surface area contributed by atoms with E-state index in [4.69, 9.17) is 4.42 Å². The largest absolute Gasteiger partial charge is 0.459 e. The van der Waals surface area contributed by atoms with Crippen molar-refractivity contribution in [3.8, 4) is 0 Å². The number of halogens is 1. The van der Waals surface area contributed by atoms with E-state index >= 15 is 0 Å². The number of hydrogen-bond acceptors (Lipinski definition) is 4. The van der Waals surface area contributed by atoms with Crippen LogP contribution in [-0.2, 0) is 6.54 Å². The van der Waals surface area contributed by atoms with Crippen LogP contribution in [0.2, 0.25) is 0 Å². The molecule has 0 saturated heterocycles. The Kier molecular flexibility index (Phi) is 6.98. The average Bonchev–Trinajstić information content (AvgIpc) is 3.27. The van der Waals surface area contributed by atoms with Crippen LogP contribution >= 0.6 is 0 Å². The Balaban J connectivity index is 1.72. The molecule has 6 nitrogen and oxygen atoms in total. The van der Waals surface area contributed by atoms with Crippen LogP contribution in [0.25, 0.3) is 0 Å². The van der Waals surface area contributed by atoms with Crippen molar-refractivity contribution in [2.45, 2.75) is 6.54 Å². The number of likely N-dealkylation sites (N-methyl/N-ethyl adjacent to an activating group) is 1. The molecule has 0 aliphatic rings. The van der Waals surface area contributed by atoms with Gasteiger partial charge in [-0.25, -0.2) is 4.39 Å². The second kappa shape index (κ2) is 9.84. The fourth-order valence-electron chi connectivity index (χ4n) is 2.88. The number of carbonyl (C=O) groups is 2. The van der Waals surface area contributed by atoms with Crippen molar-refractivity contribution in [2.24, 2.45) is 0 Å². The molecule has 1 heterocycles. The molecule has 2 amide bonds. The second-order valence-electron chi connectivity index (χ2n) is 7.13. The van der Waals surface area contributed by atoms with Gasteiger partial charge < -0.3 is 19.5 Å². The third-order valence-electron chi connectivity index (χ3n) is 4.56. The normalized spacial score (nSPS) is 10.8. The molecule has 0 saturated carbocycles. The van der Waals surface area contributed by atoms with Gasteiger partial charge >= 0.3 is 0 Å². The second-order valence-corrected chi connectivity index (χ2v) is 7.13. The number of hydrogen-bond donors (Lipinski definition) is 1. The molecule has 30 heavy (non-hydrogen) atoms. The maximum absolute atomic E-state index is 14.1. The van der Waals surface area contributed by atoms with E-state index in [1.165, 1.54) is 12.3 Å². The van der Waals surface area contributed by atoms with Crippen LogP contribution in [-0.4, -0.2) is 48.8 Å². The number of furan rings is 1. The predicted octanol–water partition coefficient (Wildman–Crippen LogP) is 3.88. The SMILES string of the molecule is CN(C)CCN(Cc1ccccc1F)C(=O)c1ccc(NC(=O)c2ccco2)cc1. The lowest BCUT2D eigenvalue weighted by Crippen LogP contribution is -2.36. The van der Waals surface area contributed by atoms with E-state index in [0.717, 1.165) is 0 Å². The Bertz CT molecular complexity index is 985. The van der Waals surface area contributed by atoms with Crippen molar-refractivity contribution in [1.29, 1.82) is 0 Å². The summed E-state index contributed by atoms with van der Waals surface area (Å²) >= 11 is 0. The summed E-state index contributed by atoms with van der Waals surface area (Å²) in [5.74, 6) is -0.707. The van der Waals surface area contributed by atoms with E-state index < -0.39 is 0 Å². The van der Waals surface area contributed by atoms with Gasteiger partial charge in [0.1, 0.15) is 5.82 Å². The number of nitrogens with one attached hydrogen (secondary N) is 1. The maximum Gasteiger partial charge on any atom is 0.291 e. The van der Waals surface area contributed by atoms with Crippen LogP contribution in [0.15, 0.2) is 71.3 Å². The van der Waals surface area contributed by atoms with Gasteiger partial charge in [-0.3, -0.25) is 9.59 Å². The minimum absolute atomic E-state index is 0.177. The van der Waals surface area contributed by atoms with Gasteiger partial charge in [-0.2, -0.15) is 0 Å². The van der Waals surface area contributed by atoms with Gasteiger partial charge in [-0.15, -0.1) is 0 Å². The summed E-state index contributed by atoms with van der Waals surface area (Å²) in [5.41, 5.74) is 1.47. The first-order valence-corrected chi connectivity index (χ1v) is 9.56. The first-order chi connectivity index (χ1) is 14.4. The Hall–Kier alpha value is -3.45. The van der Waals surface area contributed by atoms with E-state index in [9.17, 15) is 14.0 Å². The van der Waals surface area contributed by atoms with Crippen molar-refractivity contribution in [3.63, 3.8) is 0 Å². The molecule has 1 N–H and O–H groups in total. The van der Waals surface area contributed by atoms with Crippen molar-refractivity contribution in [1.82, 2.24) is 9.80 Å². The molecule has 0 spiro atoms. The molecule has 0 fully saturated rings. The van der Waals surface area contributed by atoms with E-state index in [0.29, 0.717) is 29.9 Å². The van der Waals surface area contributed by atoms with Gasteiger partial charge in [0.25, 0.3) is 11.8 Å². The molecule has 0 aliphatic heterocycles. The van der Waals surface area contributed by atoms with E-state index in [2.05, 4.69) is 5.32 Å². The van der Waals surface area contributed by atoms with Crippen LogP contribution < -0.4 is 5.32 Å². The summed E-state index contributed by atoms with van der Waals surface area (Å²) in [5, 5.41) is 2.71. The standard InChI is InChI=1S/C23H24FN3O3/c1-26(2)13-14-27(16-18-6-3-4-7-20(18)24)23(29)17-9-11-19(12-10-17)25-22(28)21-8-5-15-30-21/h3-12,15H,13-14,16H2,1-2H3,(H,25,28). The van der Waals surface area contributed by atoms with Gasteiger partial charge in [0.2, 0.25) is 0 Å². The number of amides is 2. The predicted molar refractivity (Wildman–Crippen MR) is 113 cm³/mol. The highest BCUT2D eigenvalue weighted by atomic mass is 19.1. The molecule has 3 rings (SSSR count). The number of rotatable bonds is 8. The summed E-state index contributed by atoms with van der Waals surface area (Å²) in [6.45, 7) is 1.28. The van der Waals surface area contributed by atoms with Crippen molar-refractivity contribution >= 4 is 17.5 Å². The molecular weight excluding hydrogens is 385 g/mol. The van der Waals surface area contributed by atoms with Crippen LogP contribution in [0.3, 0.4) is 0 Å². The molecule has 0 aliphatic carbocycles. The summed E-state index contributed by atoms with van der Waals surface area (Å²) in [4.78, 5) is 28.7. The van der Waals surface area contributed by atoms with E-state index in [1.807, 2.05) is 19.0 Å². The molecule has 0 bridgehead atoms. The van der Waals surface area contributed by atoms with Crippen LogP contribution in [0.1, 0.15) is 26.5 Å². The quantitative estimate of drug-likeness (QED) is 0.613. The third-order valence-corrected chi connectivity index (χ3v) is 4.56. The van der Waals surface area contributed by atoms with Crippen LogP contribution in [0.4, 0.5) is 10.1 Å². The Morgan fingerprint density at radius 1 is 0.967 bits per heavy atom. The summed E-state index contributed by atoms with van der Waals surface area (Å²) in [6.07, 6.45) is 1.43. The van der Waals surface area contributed by atoms with Gasteiger partial charge in [0.15, 0.2) is 5.76 Å². The van der Waals surface area contributed by atoms with Gasteiger partial charge in [-0.1, -0.05) is 18.2 Å². The highest BCUT2D eigenvalue weighted by Gasteiger charge is 2.18. The molecule has 156 valence electrons. The molecule has 3 aromatic rings. The molecule has 0 unspecified atom stereocenters. The minimum Gasteiger partial charge on any atom is -0.459 e. The Morgan fingerprint density at radius 2 is 1.70 bits per heavy atom. The number of benzene rings is 2. The van der Waals surface area contributed by atoms with Gasteiger partial charge in [-0.05, 0) is 56.6 Å². The lowest BCUT2D eigenvalue weighted by molar-refractivity contribution is 0.0730. The number of anilines is 1. The zero-order valence-electron chi connectivity index (χ0n) is 17.0. The lowest BCUT2D eigenvalue weighted by atomic mass is 10.1. The first kappa shape index (κ1) is 21.3. The van der Waals surface area contributed by atoms with Crippen LogP contribution in [0, 0.1) is 5.82 Å². The highest BCUT2D eigenvalue weighted by molar-refractivity contribution is 6.02. The number of nitrogens with zero attached hydrogens (tertiary/aromatic N) is 2. The molecule has 1 aromatic heterocycles. The van der Waals surface area contributed by atoms with Gasteiger partial charge in [0, 0.05) is 36.4 Å². The van der Waals surface area contributed by atoms with Crippen molar-refractivity contribution < 1.29 is 18.4 Å². The zero-order valence-corrected chi connectivity index (χ0v) is 17.0. The Morgan fingerprint density at radius 3 is 2.33 bits per heavy atom. The fourth-order valence-corrected chi connectivity index (χ4v) is 2.88. The first-order valence-electron chi connectivity index (χ1n) is 9.56.